The summed E-state index contributed by atoms with van der Waals surface area (Å²) >= 11 is 3.49. The van der Waals surface area contributed by atoms with Crippen molar-refractivity contribution < 1.29 is 9.53 Å². The highest BCUT2D eigenvalue weighted by Gasteiger charge is 2.29. The third-order valence-electron chi connectivity index (χ3n) is 3.80. The van der Waals surface area contributed by atoms with Crippen molar-refractivity contribution >= 4 is 21.8 Å². The van der Waals surface area contributed by atoms with Crippen LogP contribution in [0.3, 0.4) is 0 Å². The molecule has 0 saturated carbocycles. The fourth-order valence-electron chi connectivity index (χ4n) is 2.77. The highest BCUT2D eigenvalue weighted by atomic mass is 79.9. The fraction of sp³-hybridized carbons (Fsp3) is 0.500. The van der Waals surface area contributed by atoms with Crippen LogP contribution in [0.15, 0.2) is 22.7 Å². The topological polar surface area (TPSA) is 38.3 Å². The molecule has 3 rings (SSSR count). The first-order valence-electron chi connectivity index (χ1n) is 6.40. The lowest BCUT2D eigenvalue weighted by Gasteiger charge is -2.16. The maximum atomic E-state index is 12.1. The van der Waals surface area contributed by atoms with Crippen LogP contribution < -0.4 is 5.32 Å². The lowest BCUT2D eigenvalue weighted by atomic mass is 10.1. The second kappa shape index (κ2) is 5.02. The van der Waals surface area contributed by atoms with E-state index in [4.69, 9.17) is 4.74 Å². The van der Waals surface area contributed by atoms with Gasteiger partial charge in [-0.05, 0) is 42.5 Å². The molecule has 1 heterocycles. The molecule has 18 heavy (non-hydrogen) atoms. The van der Waals surface area contributed by atoms with Crippen LogP contribution in [0.25, 0.3) is 0 Å². The summed E-state index contributed by atoms with van der Waals surface area (Å²) in [5, 5.41) is 3.16. The molecular formula is C14H16BrNO2. The van der Waals surface area contributed by atoms with Gasteiger partial charge in [-0.15, -0.1) is 0 Å². The average molecular weight is 310 g/mol. The van der Waals surface area contributed by atoms with Gasteiger partial charge in [0.25, 0.3) is 0 Å². The molecular weight excluding hydrogens is 294 g/mol. The molecule has 1 N–H and O–H groups in total. The second-order valence-corrected chi connectivity index (χ2v) is 5.92. The van der Waals surface area contributed by atoms with Gasteiger partial charge in [0.15, 0.2) is 0 Å². The summed E-state index contributed by atoms with van der Waals surface area (Å²) in [5.74, 6) is 0.192. The van der Waals surface area contributed by atoms with Gasteiger partial charge in [0.1, 0.15) is 0 Å². The van der Waals surface area contributed by atoms with Crippen molar-refractivity contribution in [2.24, 2.45) is 5.92 Å². The van der Waals surface area contributed by atoms with Crippen LogP contribution in [-0.2, 0) is 16.0 Å². The van der Waals surface area contributed by atoms with E-state index < -0.39 is 0 Å². The number of halogens is 1. The molecule has 1 aromatic rings. The Labute approximate surface area is 115 Å². The average Bonchev–Trinajstić information content (AvgIpc) is 2.98. The minimum Gasteiger partial charge on any atom is -0.381 e. The first-order valence-corrected chi connectivity index (χ1v) is 7.20. The Bertz CT molecular complexity index is 469. The summed E-state index contributed by atoms with van der Waals surface area (Å²) in [5.41, 5.74) is 2.61. The maximum absolute atomic E-state index is 12.1. The van der Waals surface area contributed by atoms with E-state index in [0.29, 0.717) is 13.2 Å². The van der Waals surface area contributed by atoms with E-state index in [9.17, 15) is 4.79 Å². The van der Waals surface area contributed by atoms with Crippen LogP contribution in [0.2, 0.25) is 0 Å². The Kier molecular flexibility index (Phi) is 3.39. The van der Waals surface area contributed by atoms with Crippen molar-refractivity contribution in [3.05, 3.63) is 33.8 Å². The second-order valence-electron chi connectivity index (χ2n) is 5.00. The molecule has 0 spiro atoms. The van der Waals surface area contributed by atoms with E-state index in [1.165, 1.54) is 11.1 Å². The van der Waals surface area contributed by atoms with Gasteiger partial charge in [-0.3, -0.25) is 4.79 Å². The predicted octanol–water partition coefficient (Wildman–Crippen LogP) is 2.59. The van der Waals surface area contributed by atoms with Gasteiger partial charge in [0.05, 0.1) is 18.6 Å². The van der Waals surface area contributed by atoms with Crippen LogP contribution in [0.4, 0.5) is 0 Å². The van der Waals surface area contributed by atoms with Crippen LogP contribution in [0.5, 0.6) is 0 Å². The van der Waals surface area contributed by atoms with Crippen molar-refractivity contribution in [1.29, 1.82) is 0 Å². The lowest BCUT2D eigenvalue weighted by molar-refractivity contribution is -0.125. The predicted molar refractivity (Wildman–Crippen MR) is 72.3 cm³/mol. The molecule has 1 saturated heterocycles. The van der Waals surface area contributed by atoms with Gasteiger partial charge < -0.3 is 10.1 Å². The first kappa shape index (κ1) is 12.2. The lowest BCUT2D eigenvalue weighted by Crippen LogP contribution is -2.33. The number of aryl methyl sites for hydroxylation is 1. The van der Waals surface area contributed by atoms with Gasteiger partial charge in [-0.25, -0.2) is 0 Å². The van der Waals surface area contributed by atoms with Gasteiger partial charge in [0, 0.05) is 11.1 Å². The normalized spacial score (nSPS) is 26.1. The standard InChI is InChI=1S/C14H16BrNO2/c15-11-2-3-12-9(7-11)1-4-13(12)16-14(17)10-5-6-18-8-10/h2-3,7,10,13H,1,4-6,8H2,(H,16,17). The molecule has 1 amide bonds. The van der Waals surface area contributed by atoms with Crippen LogP contribution in [0.1, 0.15) is 30.0 Å². The number of ether oxygens (including phenoxy) is 1. The molecule has 3 nitrogen and oxygen atoms in total. The van der Waals surface area contributed by atoms with E-state index >= 15 is 0 Å². The minimum atomic E-state index is 0.0458. The van der Waals surface area contributed by atoms with Crippen molar-refractivity contribution in [2.75, 3.05) is 13.2 Å². The Hall–Kier alpha value is -0.870. The van der Waals surface area contributed by atoms with Crippen molar-refractivity contribution in [1.82, 2.24) is 5.32 Å². The molecule has 96 valence electrons. The summed E-state index contributed by atoms with van der Waals surface area (Å²) in [6.07, 6.45) is 2.90. The van der Waals surface area contributed by atoms with Crippen molar-refractivity contribution in [2.45, 2.75) is 25.3 Å². The fourth-order valence-corrected chi connectivity index (χ4v) is 3.18. The van der Waals surface area contributed by atoms with E-state index in [-0.39, 0.29) is 17.9 Å². The smallest absolute Gasteiger partial charge is 0.226 e. The zero-order chi connectivity index (χ0) is 12.5. The molecule has 2 aliphatic rings. The third-order valence-corrected chi connectivity index (χ3v) is 4.29. The molecule has 2 unspecified atom stereocenters. The summed E-state index contributed by atoms with van der Waals surface area (Å²) < 4.78 is 6.37. The Morgan fingerprint density at radius 1 is 1.39 bits per heavy atom. The molecule has 4 heteroatoms. The molecule has 0 radical (unpaired) electrons. The summed E-state index contributed by atoms with van der Waals surface area (Å²) in [6, 6.07) is 6.49. The quantitative estimate of drug-likeness (QED) is 0.912. The Morgan fingerprint density at radius 2 is 2.28 bits per heavy atom. The number of amides is 1. The summed E-state index contributed by atoms with van der Waals surface area (Å²) in [6.45, 7) is 1.29. The van der Waals surface area contributed by atoms with Gasteiger partial charge in [-0.2, -0.15) is 0 Å². The highest BCUT2D eigenvalue weighted by molar-refractivity contribution is 9.10. The SMILES string of the molecule is O=C(NC1CCc2cc(Br)ccc21)C1CCOC1. The van der Waals surface area contributed by atoms with E-state index in [0.717, 1.165) is 23.7 Å². The number of benzene rings is 1. The largest absolute Gasteiger partial charge is 0.381 e. The Balaban J connectivity index is 1.70. The molecule has 1 aromatic carbocycles. The molecule has 1 fully saturated rings. The number of nitrogens with one attached hydrogen (secondary N) is 1. The van der Waals surface area contributed by atoms with Crippen LogP contribution >= 0.6 is 15.9 Å². The highest BCUT2D eigenvalue weighted by Crippen LogP contribution is 2.33. The number of rotatable bonds is 2. The van der Waals surface area contributed by atoms with E-state index in [1.807, 2.05) is 6.07 Å². The minimum absolute atomic E-state index is 0.0458. The number of fused-ring (bicyclic) bond motifs is 1. The van der Waals surface area contributed by atoms with Gasteiger partial charge in [0.2, 0.25) is 5.91 Å². The number of carbonyl (C=O) groups is 1. The maximum Gasteiger partial charge on any atom is 0.226 e. The van der Waals surface area contributed by atoms with Crippen LogP contribution in [0, 0.1) is 5.92 Å². The van der Waals surface area contributed by atoms with E-state index in [2.05, 4.69) is 33.4 Å². The molecule has 1 aliphatic heterocycles. The first-order chi connectivity index (χ1) is 8.74. The number of hydrogen-bond donors (Lipinski definition) is 1. The monoisotopic (exact) mass is 309 g/mol. The number of hydrogen-bond acceptors (Lipinski definition) is 2. The molecule has 1 aliphatic carbocycles. The molecule has 0 aromatic heterocycles. The molecule has 0 bridgehead atoms. The Morgan fingerprint density at radius 3 is 3.06 bits per heavy atom. The van der Waals surface area contributed by atoms with E-state index in [1.54, 1.807) is 0 Å². The van der Waals surface area contributed by atoms with Gasteiger partial charge in [-0.1, -0.05) is 22.0 Å². The number of carbonyl (C=O) groups excluding carboxylic acids is 1. The zero-order valence-electron chi connectivity index (χ0n) is 10.1. The third kappa shape index (κ3) is 2.31. The van der Waals surface area contributed by atoms with Crippen molar-refractivity contribution in [3.8, 4) is 0 Å². The van der Waals surface area contributed by atoms with Crippen LogP contribution in [-0.4, -0.2) is 19.1 Å². The zero-order valence-corrected chi connectivity index (χ0v) is 11.7. The summed E-state index contributed by atoms with van der Waals surface area (Å²) in [7, 11) is 0. The van der Waals surface area contributed by atoms with Crippen molar-refractivity contribution in [3.63, 3.8) is 0 Å². The molecule has 2 atom stereocenters. The van der Waals surface area contributed by atoms with Gasteiger partial charge >= 0.3 is 0 Å². The summed E-state index contributed by atoms with van der Waals surface area (Å²) in [4.78, 5) is 12.1.